The minimum absolute atomic E-state index is 0. The Morgan fingerprint density at radius 3 is 2.68 bits per heavy atom. The molecule has 1 saturated heterocycles. The van der Waals surface area contributed by atoms with Crippen molar-refractivity contribution in [2.75, 3.05) is 26.8 Å². The lowest BCUT2D eigenvalue weighted by Crippen LogP contribution is -2.52. The Morgan fingerprint density at radius 2 is 2.09 bits per heavy atom. The smallest absolute Gasteiger partial charge is 0.240 e. The zero-order valence-corrected chi connectivity index (χ0v) is 14.7. The highest BCUT2D eigenvalue weighted by Crippen LogP contribution is 2.21. The van der Waals surface area contributed by atoms with Gasteiger partial charge in [0.05, 0.1) is 17.0 Å². The maximum atomic E-state index is 12.5. The van der Waals surface area contributed by atoms with Gasteiger partial charge in [0.2, 0.25) is 10.0 Å². The molecular formula is C15H25ClN2O3S. The van der Waals surface area contributed by atoms with Gasteiger partial charge in [-0.25, -0.2) is 13.1 Å². The third-order valence-corrected chi connectivity index (χ3v) is 5.50. The fourth-order valence-electron chi connectivity index (χ4n) is 2.84. The Morgan fingerprint density at radius 1 is 1.36 bits per heavy atom. The molecule has 2 rings (SSSR count). The van der Waals surface area contributed by atoms with E-state index in [1.165, 1.54) is 0 Å². The lowest BCUT2D eigenvalue weighted by Gasteiger charge is -2.29. The van der Waals surface area contributed by atoms with Gasteiger partial charge >= 0.3 is 0 Å². The summed E-state index contributed by atoms with van der Waals surface area (Å²) in [4.78, 5) is 0.373. The SMILES string of the molecule is CCc1ccccc1S(=O)(=O)NCC1(COC)CCCN1.Cl. The molecule has 0 spiro atoms. The molecule has 22 heavy (non-hydrogen) atoms. The second-order valence-electron chi connectivity index (χ2n) is 5.53. The summed E-state index contributed by atoms with van der Waals surface area (Å²) in [5, 5.41) is 3.37. The molecule has 1 fully saturated rings. The minimum atomic E-state index is -3.49. The van der Waals surface area contributed by atoms with Gasteiger partial charge in [0.1, 0.15) is 0 Å². The van der Waals surface area contributed by atoms with Crippen LogP contribution in [0.3, 0.4) is 0 Å². The van der Waals surface area contributed by atoms with Gasteiger partial charge in [-0.05, 0) is 37.4 Å². The van der Waals surface area contributed by atoms with Crippen LogP contribution in [0.2, 0.25) is 0 Å². The van der Waals surface area contributed by atoms with Crippen LogP contribution >= 0.6 is 12.4 Å². The predicted molar refractivity (Wildman–Crippen MR) is 90.1 cm³/mol. The fourth-order valence-corrected chi connectivity index (χ4v) is 4.28. The van der Waals surface area contributed by atoms with E-state index in [4.69, 9.17) is 4.74 Å². The monoisotopic (exact) mass is 348 g/mol. The number of rotatable bonds is 7. The molecule has 1 aliphatic heterocycles. The van der Waals surface area contributed by atoms with Crippen LogP contribution in [-0.2, 0) is 21.2 Å². The molecule has 0 radical (unpaired) electrons. The van der Waals surface area contributed by atoms with Crippen LogP contribution in [0.5, 0.6) is 0 Å². The number of aryl methyl sites for hydroxylation is 1. The summed E-state index contributed by atoms with van der Waals surface area (Å²) >= 11 is 0. The van der Waals surface area contributed by atoms with E-state index < -0.39 is 10.0 Å². The summed E-state index contributed by atoms with van der Waals surface area (Å²) in [6.45, 7) is 3.71. The first-order valence-corrected chi connectivity index (χ1v) is 8.83. The van der Waals surface area contributed by atoms with Gasteiger partial charge in [0.25, 0.3) is 0 Å². The van der Waals surface area contributed by atoms with E-state index in [0.29, 0.717) is 24.5 Å². The lowest BCUT2D eigenvalue weighted by atomic mass is 9.99. The molecule has 1 unspecified atom stereocenters. The minimum Gasteiger partial charge on any atom is -0.383 e. The molecule has 1 aromatic rings. The van der Waals surface area contributed by atoms with Gasteiger partial charge in [0, 0.05) is 13.7 Å². The Labute approximate surface area is 139 Å². The quantitative estimate of drug-likeness (QED) is 0.787. The number of hydrogen-bond acceptors (Lipinski definition) is 4. The number of benzene rings is 1. The van der Waals surface area contributed by atoms with Gasteiger partial charge in [-0.2, -0.15) is 0 Å². The average molecular weight is 349 g/mol. The molecule has 1 aromatic carbocycles. The third kappa shape index (κ3) is 4.43. The highest BCUT2D eigenvalue weighted by molar-refractivity contribution is 7.89. The standard InChI is InChI=1S/C15H24N2O3S.ClH/c1-3-13-7-4-5-8-14(13)21(18,19)17-11-15(12-20-2)9-6-10-16-15;/h4-5,7-8,16-17H,3,6,9-12H2,1-2H3;1H. The Kier molecular flexibility index (Phi) is 7.28. The number of methoxy groups -OCH3 is 1. The van der Waals surface area contributed by atoms with Crippen molar-refractivity contribution in [3.05, 3.63) is 29.8 Å². The Bertz CT molecular complexity index is 572. The highest BCUT2D eigenvalue weighted by Gasteiger charge is 2.35. The molecule has 0 saturated carbocycles. The first-order valence-electron chi connectivity index (χ1n) is 7.34. The fraction of sp³-hybridized carbons (Fsp3) is 0.600. The van der Waals surface area contributed by atoms with Crippen LogP contribution in [-0.4, -0.2) is 40.8 Å². The van der Waals surface area contributed by atoms with Crippen LogP contribution in [0.4, 0.5) is 0 Å². The summed E-state index contributed by atoms with van der Waals surface area (Å²) in [5.41, 5.74) is 0.549. The first-order chi connectivity index (χ1) is 10.0. The number of hydrogen-bond donors (Lipinski definition) is 2. The van der Waals surface area contributed by atoms with Crippen molar-refractivity contribution >= 4 is 22.4 Å². The summed E-state index contributed by atoms with van der Waals surface area (Å²) in [5.74, 6) is 0. The molecule has 1 aliphatic rings. The van der Waals surface area contributed by atoms with Gasteiger partial charge in [0.15, 0.2) is 0 Å². The molecule has 7 heteroatoms. The number of ether oxygens (including phenoxy) is 1. The summed E-state index contributed by atoms with van der Waals surface area (Å²) < 4.78 is 33.1. The lowest BCUT2D eigenvalue weighted by molar-refractivity contribution is 0.122. The van der Waals surface area contributed by atoms with Crippen molar-refractivity contribution in [3.8, 4) is 0 Å². The average Bonchev–Trinajstić information content (AvgIpc) is 2.95. The number of nitrogens with one attached hydrogen (secondary N) is 2. The molecule has 2 N–H and O–H groups in total. The van der Waals surface area contributed by atoms with Crippen LogP contribution in [0.15, 0.2) is 29.2 Å². The van der Waals surface area contributed by atoms with E-state index in [9.17, 15) is 8.42 Å². The normalized spacial score (nSPS) is 21.5. The molecule has 1 atom stereocenters. The van der Waals surface area contributed by atoms with Gasteiger partial charge in [-0.15, -0.1) is 12.4 Å². The highest BCUT2D eigenvalue weighted by atomic mass is 35.5. The molecule has 0 aliphatic carbocycles. The summed E-state index contributed by atoms with van der Waals surface area (Å²) in [7, 11) is -1.85. The third-order valence-electron chi connectivity index (χ3n) is 4.00. The van der Waals surface area contributed by atoms with E-state index in [1.54, 1.807) is 19.2 Å². The Hall–Kier alpha value is -0.660. The van der Waals surface area contributed by atoms with Crippen molar-refractivity contribution in [2.24, 2.45) is 0 Å². The van der Waals surface area contributed by atoms with E-state index in [-0.39, 0.29) is 17.9 Å². The maximum absolute atomic E-state index is 12.5. The molecule has 1 heterocycles. The van der Waals surface area contributed by atoms with Crippen LogP contribution in [0.1, 0.15) is 25.3 Å². The first kappa shape index (κ1) is 19.4. The van der Waals surface area contributed by atoms with Crippen LogP contribution in [0, 0.1) is 0 Å². The molecule has 5 nitrogen and oxygen atoms in total. The largest absolute Gasteiger partial charge is 0.383 e. The second kappa shape index (κ2) is 8.26. The van der Waals surface area contributed by atoms with E-state index >= 15 is 0 Å². The van der Waals surface area contributed by atoms with Gasteiger partial charge < -0.3 is 10.1 Å². The topological polar surface area (TPSA) is 67.4 Å². The molecular weight excluding hydrogens is 324 g/mol. The summed E-state index contributed by atoms with van der Waals surface area (Å²) in [6, 6.07) is 7.13. The van der Waals surface area contributed by atoms with E-state index in [2.05, 4.69) is 10.0 Å². The summed E-state index contributed by atoms with van der Waals surface area (Å²) in [6.07, 6.45) is 2.65. The van der Waals surface area contributed by atoms with Gasteiger partial charge in [-0.1, -0.05) is 25.1 Å². The van der Waals surface area contributed by atoms with Crippen LogP contribution in [0.25, 0.3) is 0 Å². The zero-order valence-electron chi connectivity index (χ0n) is 13.1. The van der Waals surface area contributed by atoms with Crippen molar-refractivity contribution in [2.45, 2.75) is 36.6 Å². The van der Waals surface area contributed by atoms with Crippen molar-refractivity contribution in [3.63, 3.8) is 0 Å². The maximum Gasteiger partial charge on any atom is 0.240 e. The van der Waals surface area contributed by atoms with Crippen molar-refractivity contribution in [1.82, 2.24) is 10.0 Å². The molecule has 126 valence electrons. The van der Waals surface area contributed by atoms with E-state index in [1.807, 2.05) is 19.1 Å². The predicted octanol–water partition coefficient (Wildman–Crippen LogP) is 1.72. The molecule has 0 aromatic heterocycles. The van der Waals surface area contributed by atoms with Crippen LogP contribution < -0.4 is 10.0 Å². The van der Waals surface area contributed by atoms with Crippen molar-refractivity contribution < 1.29 is 13.2 Å². The Balaban J connectivity index is 0.00000242. The second-order valence-corrected chi connectivity index (χ2v) is 7.26. The molecule has 0 amide bonds. The number of sulfonamides is 1. The molecule has 0 bridgehead atoms. The number of halogens is 1. The zero-order chi connectivity index (χ0) is 15.3. The van der Waals surface area contributed by atoms with Crippen molar-refractivity contribution in [1.29, 1.82) is 0 Å². The van der Waals surface area contributed by atoms with E-state index in [0.717, 1.165) is 24.9 Å². The van der Waals surface area contributed by atoms with Gasteiger partial charge in [-0.3, -0.25) is 0 Å².